The van der Waals surface area contributed by atoms with Gasteiger partial charge in [-0.1, -0.05) is 0 Å². The molecule has 0 aliphatic rings. The zero-order valence-corrected chi connectivity index (χ0v) is 11.7. The molecule has 5 heteroatoms. The summed E-state index contributed by atoms with van der Waals surface area (Å²) in [6, 6.07) is 10.1. The third-order valence-electron chi connectivity index (χ3n) is 3.12. The fourth-order valence-electron chi connectivity index (χ4n) is 2.01. The number of hydrogen-bond donors (Lipinski definition) is 0. The highest BCUT2D eigenvalue weighted by Gasteiger charge is 2.02. The van der Waals surface area contributed by atoms with Crippen molar-refractivity contribution >= 4 is 10.9 Å². The van der Waals surface area contributed by atoms with Crippen molar-refractivity contribution in [1.29, 1.82) is 0 Å². The first-order valence-electron chi connectivity index (χ1n) is 6.67. The average Bonchev–Trinajstić information content (AvgIpc) is 2.55. The van der Waals surface area contributed by atoms with Crippen molar-refractivity contribution in [2.24, 2.45) is 0 Å². The first kappa shape index (κ1) is 13.3. The van der Waals surface area contributed by atoms with Gasteiger partial charge >= 0.3 is 6.01 Å². The minimum atomic E-state index is 0.358. The molecule has 2 heterocycles. The molecule has 0 atom stereocenters. The van der Waals surface area contributed by atoms with Gasteiger partial charge in [0.15, 0.2) is 0 Å². The smallest absolute Gasteiger partial charge is 0.316 e. The molecule has 0 radical (unpaired) electrons. The Kier molecular flexibility index (Phi) is 3.91. The average molecular weight is 281 g/mol. The predicted octanol–water partition coefficient (Wildman–Crippen LogP) is 2.65. The Morgan fingerprint density at radius 2 is 1.95 bits per heavy atom. The fourth-order valence-corrected chi connectivity index (χ4v) is 2.01. The summed E-state index contributed by atoms with van der Waals surface area (Å²) in [5.74, 6) is 0.789. The zero-order valence-electron chi connectivity index (χ0n) is 11.7. The van der Waals surface area contributed by atoms with Gasteiger partial charge in [0.25, 0.3) is 0 Å². The molecule has 0 saturated carbocycles. The second kappa shape index (κ2) is 6.17. The first-order valence-corrected chi connectivity index (χ1v) is 6.67. The number of nitrogens with zero attached hydrogens (tertiary/aromatic N) is 3. The summed E-state index contributed by atoms with van der Waals surface area (Å²) in [6.45, 7) is 0.609. The molecule has 0 fully saturated rings. The molecule has 0 aliphatic carbocycles. The molecule has 0 aliphatic heterocycles. The minimum Gasteiger partial charge on any atom is -0.493 e. The number of fused-ring (bicyclic) bond motifs is 1. The Balaban J connectivity index is 1.69. The summed E-state index contributed by atoms with van der Waals surface area (Å²) < 4.78 is 10.8. The molecule has 0 amide bonds. The van der Waals surface area contributed by atoms with Gasteiger partial charge in [0.05, 0.1) is 19.2 Å². The third-order valence-corrected chi connectivity index (χ3v) is 3.12. The SMILES string of the molecule is COc1ncc2ccc(OCCc3ccncc3)cc2n1. The molecule has 106 valence electrons. The van der Waals surface area contributed by atoms with E-state index in [9.17, 15) is 0 Å². The molecule has 0 unspecified atom stereocenters. The molecule has 0 spiro atoms. The number of benzene rings is 1. The maximum absolute atomic E-state index is 5.77. The maximum Gasteiger partial charge on any atom is 0.316 e. The molecular formula is C16H15N3O2. The van der Waals surface area contributed by atoms with Gasteiger partial charge in [0.1, 0.15) is 5.75 Å². The van der Waals surface area contributed by atoms with Crippen molar-refractivity contribution in [2.75, 3.05) is 13.7 Å². The van der Waals surface area contributed by atoms with E-state index in [2.05, 4.69) is 15.0 Å². The Morgan fingerprint density at radius 3 is 2.76 bits per heavy atom. The van der Waals surface area contributed by atoms with Gasteiger partial charge in [-0.3, -0.25) is 4.98 Å². The number of rotatable bonds is 5. The van der Waals surface area contributed by atoms with Gasteiger partial charge < -0.3 is 9.47 Å². The number of ether oxygens (including phenoxy) is 2. The van der Waals surface area contributed by atoms with E-state index >= 15 is 0 Å². The van der Waals surface area contributed by atoms with Gasteiger partial charge in [0.2, 0.25) is 0 Å². The summed E-state index contributed by atoms with van der Waals surface area (Å²) in [7, 11) is 1.55. The van der Waals surface area contributed by atoms with Crippen LogP contribution in [0.1, 0.15) is 5.56 Å². The summed E-state index contributed by atoms with van der Waals surface area (Å²) in [5, 5.41) is 0.956. The number of hydrogen-bond acceptors (Lipinski definition) is 5. The molecule has 21 heavy (non-hydrogen) atoms. The van der Waals surface area contributed by atoms with Crippen LogP contribution in [0.4, 0.5) is 0 Å². The van der Waals surface area contributed by atoms with Crippen molar-refractivity contribution in [2.45, 2.75) is 6.42 Å². The van der Waals surface area contributed by atoms with Crippen molar-refractivity contribution < 1.29 is 9.47 Å². The Labute approximate surface area is 122 Å². The van der Waals surface area contributed by atoms with Crippen LogP contribution in [0.5, 0.6) is 11.8 Å². The van der Waals surface area contributed by atoms with Gasteiger partial charge in [-0.2, -0.15) is 4.98 Å². The highest BCUT2D eigenvalue weighted by atomic mass is 16.5. The Hall–Kier alpha value is -2.69. The Bertz CT molecular complexity index is 732. The second-order valence-corrected chi connectivity index (χ2v) is 4.53. The normalized spacial score (nSPS) is 10.5. The topological polar surface area (TPSA) is 57.1 Å². The maximum atomic E-state index is 5.77. The summed E-state index contributed by atoms with van der Waals surface area (Å²) >= 11 is 0. The fraction of sp³-hybridized carbons (Fsp3) is 0.188. The highest BCUT2D eigenvalue weighted by molar-refractivity contribution is 5.79. The molecule has 3 rings (SSSR count). The van der Waals surface area contributed by atoms with Crippen molar-refractivity contribution in [1.82, 2.24) is 15.0 Å². The summed E-state index contributed by atoms with van der Waals surface area (Å²) in [5.41, 5.74) is 2.01. The van der Waals surface area contributed by atoms with Crippen LogP contribution >= 0.6 is 0 Å². The van der Waals surface area contributed by atoms with Crippen LogP contribution in [0.2, 0.25) is 0 Å². The lowest BCUT2D eigenvalue weighted by Gasteiger charge is -2.07. The molecule has 3 aromatic rings. The lowest BCUT2D eigenvalue weighted by Crippen LogP contribution is -2.01. The quantitative estimate of drug-likeness (QED) is 0.719. The second-order valence-electron chi connectivity index (χ2n) is 4.53. The molecule has 5 nitrogen and oxygen atoms in total. The molecule has 1 aromatic carbocycles. The number of aromatic nitrogens is 3. The van der Waals surface area contributed by atoms with E-state index in [4.69, 9.17) is 9.47 Å². The largest absolute Gasteiger partial charge is 0.493 e. The van der Waals surface area contributed by atoms with Crippen molar-refractivity contribution in [3.8, 4) is 11.8 Å². The van der Waals surface area contributed by atoms with E-state index in [1.54, 1.807) is 25.7 Å². The van der Waals surface area contributed by atoms with Gasteiger partial charge in [0, 0.05) is 36.5 Å². The molecule has 2 aromatic heterocycles. The van der Waals surface area contributed by atoms with E-state index in [0.29, 0.717) is 12.6 Å². The lowest BCUT2D eigenvalue weighted by atomic mass is 10.2. The van der Waals surface area contributed by atoms with E-state index in [1.807, 2.05) is 30.3 Å². The van der Waals surface area contributed by atoms with E-state index in [1.165, 1.54) is 5.56 Å². The van der Waals surface area contributed by atoms with Crippen LogP contribution in [-0.4, -0.2) is 28.7 Å². The standard InChI is InChI=1S/C16H15N3O2/c1-20-16-18-11-13-2-3-14(10-15(13)19-16)21-9-6-12-4-7-17-8-5-12/h2-5,7-8,10-11H,6,9H2,1H3. The number of pyridine rings is 1. The van der Waals surface area contributed by atoms with Crippen LogP contribution in [0.3, 0.4) is 0 Å². The molecular weight excluding hydrogens is 266 g/mol. The highest BCUT2D eigenvalue weighted by Crippen LogP contribution is 2.20. The van der Waals surface area contributed by atoms with Gasteiger partial charge in [-0.25, -0.2) is 4.98 Å². The van der Waals surface area contributed by atoms with Crippen LogP contribution in [0, 0.1) is 0 Å². The zero-order chi connectivity index (χ0) is 14.5. The van der Waals surface area contributed by atoms with E-state index in [0.717, 1.165) is 23.1 Å². The summed E-state index contributed by atoms with van der Waals surface area (Å²) in [6.07, 6.45) is 6.15. The third kappa shape index (κ3) is 3.25. The number of methoxy groups -OCH3 is 1. The van der Waals surface area contributed by atoms with Gasteiger partial charge in [-0.05, 0) is 29.8 Å². The molecule has 0 N–H and O–H groups in total. The van der Waals surface area contributed by atoms with Crippen LogP contribution in [0.15, 0.2) is 48.9 Å². The van der Waals surface area contributed by atoms with Crippen LogP contribution in [0.25, 0.3) is 10.9 Å². The summed E-state index contributed by atoms with van der Waals surface area (Å²) in [4.78, 5) is 12.4. The monoisotopic (exact) mass is 281 g/mol. The van der Waals surface area contributed by atoms with Crippen LogP contribution < -0.4 is 9.47 Å². The van der Waals surface area contributed by atoms with Gasteiger partial charge in [-0.15, -0.1) is 0 Å². The van der Waals surface area contributed by atoms with E-state index in [-0.39, 0.29) is 0 Å². The van der Waals surface area contributed by atoms with Crippen LogP contribution in [-0.2, 0) is 6.42 Å². The van der Waals surface area contributed by atoms with Crippen molar-refractivity contribution in [3.05, 3.63) is 54.5 Å². The first-order chi connectivity index (χ1) is 10.3. The Morgan fingerprint density at radius 1 is 1.10 bits per heavy atom. The predicted molar refractivity (Wildman–Crippen MR) is 79.5 cm³/mol. The molecule has 0 bridgehead atoms. The molecule has 0 saturated heterocycles. The van der Waals surface area contributed by atoms with E-state index < -0.39 is 0 Å². The lowest BCUT2D eigenvalue weighted by molar-refractivity contribution is 0.322. The minimum absolute atomic E-state index is 0.358. The van der Waals surface area contributed by atoms with Crippen molar-refractivity contribution in [3.63, 3.8) is 0 Å².